The minimum Gasteiger partial charge on any atom is -0.333 e. The number of nitrogens with zero attached hydrogens (tertiary/aromatic N) is 2. The Morgan fingerprint density at radius 1 is 1.67 bits per heavy atom. The second kappa shape index (κ2) is 2.40. The van der Waals surface area contributed by atoms with Crippen LogP contribution in [0.2, 0.25) is 5.15 Å². The number of hydrogen-bond acceptors (Lipinski definition) is 1. The molecule has 0 aliphatic rings. The summed E-state index contributed by atoms with van der Waals surface area (Å²) in [7, 11) is 0. The Hall–Kier alpha value is -0.500. The first-order valence-corrected chi connectivity index (χ1v) is 3.27. The van der Waals surface area contributed by atoms with Crippen molar-refractivity contribution in [3.8, 4) is 0 Å². The average molecular weight is 145 g/mol. The van der Waals surface area contributed by atoms with Crippen LogP contribution >= 0.6 is 11.6 Å². The lowest BCUT2D eigenvalue weighted by Gasteiger charge is -2.02. The van der Waals surface area contributed by atoms with Gasteiger partial charge in [-0.25, -0.2) is 4.98 Å². The van der Waals surface area contributed by atoms with Gasteiger partial charge < -0.3 is 4.57 Å². The lowest BCUT2D eigenvalue weighted by molar-refractivity contribution is 0.600. The molecule has 0 aliphatic heterocycles. The molecule has 0 N–H and O–H groups in total. The summed E-state index contributed by atoms with van der Waals surface area (Å²) in [5, 5.41) is 0.559. The average Bonchev–Trinajstić information content (AvgIpc) is 2.14. The van der Waals surface area contributed by atoms with Crippen LogP contribution in [0.1, 0.15) is 19.9 Å². The van der Waals surface area contributed by atoms with Gasteiger partial charge in [0.25, 0.3) is 0 Å². The Bertz CT molecular complexity index is 193. The van der Waals surface area contributed by atoms with Crippen molar-refractivity contribution < 1.29 is 0 Å². The molecule has 0 spiro atoms. The minimum absolute atomic E-state index is 0.449. The van der Waals surface area contributed by atoms with Gasteiger partial charge in [0, 0.05) is 12.2 Å². The summed E-state index contributed by atoms with van der Waals surface area (Å²) >= 11 is 5.57. The van der Waals surface area contributed by atoms with E-state index < -0.39 is 0 Å². The van der Waals surface area contributed by atoms with E-state index in [0.29, 0.717) is 11.2 Å². The minimum atomic E-state index is 0.449. The summed E-state index contributed by atoms with van der Waals surface area (Å²) < 4.78 is 1.96. The third kappa shape index (κ3) is 1.45. The van der Waals surface area contributed by atoms with E-state index in [9.17, 15) is 0 Å². The molecule has 1 rings (SSSR count). The Labute approximate surface area is 59.5 Å². The van der Waals surface area contributed by atoms with Crippen molar-refractivity contribution in [3.63, 3.8) is 0 Å². The van der Waals surface area contributed by atoms with E-state index in [0.717, 1.165) is 0 Å². The summed E-state index contributed by atoms with van der Waals surface area (Å²) in [5.74, 6) is 0. The third-order valence-electron chi connectivity index (χ3n) is 1.17. The number of aromatic nitrogens is 2. The molecule has 1 aromatic heterocycles. The van der Waals surface area contributed by atoms with Gasteiger partial charge in [0.1, 0.15) is 5.15 Å². The first-order chi connectivity index (χ1) is 4.20. The van der Waals surface area contributed by atoms with Crippen LogP contribution in [0.5, 0.6) is 0 Å². The predicted molar refractivity (Wildman–Crippen MR) is 37.6 cm³/mol. The van der Waals surface area contributed by atoms with Gasteiger partial charge in [-0.2, -0.15) is 0 Å². The molecule has 0 unspecified atom stereocenters. The fourth-order valence-corrected chi connectivity index (χ4v) is 0.750. The van der Waals surface area contributed by atoms with Crippen LogP contribution in [0.25, 0.3) is 0 Å². The van der Waals surface area contributed by atoms with Gasteiger partial charge in [0.15, 0.2) is 0 Å². The van der Waals surface area contributed by atoms with Crippen LogP contribution in [-0.4, -0.2) is 9.55 Å². The third-order valence-corrected chi connectivity index (χ3v) is 1.36. The second-order valence-corrected chi connectivity index (χ2v) is 2.62. The lowest BCUT2D eigenvalue weighted by Crippen LogP contribution is -1.95. The Morgan fingerprint density at radius 2 is 2.33 bits per heavy atom. The topological polar surface area (TPSA) is 17.8 Å². The quantitative estimate of drug-likeness (QED) is 0.591. The van der Waals surface area contributed by atoms with Crippen LogP contribution in [-0.2, 0) is 0 Å². The fourth-order valence-electron chi connectivity index (χ4n) is 0.594. The van der Waals surface area contributed by atoms with Crippen molar-refractivity contribution in [2.45, 2.75) is 19.9 Å². The van der Waals surface area contributed by atoms with Crippen molar-refractivity contribution in [1.82, 2.24) is 9.55 Å². The van der Waals surface area contributed by atoms with Gasteiger partial charge in [-0.05, 0) is 13.8 Å². The number of halogens is 1. The van der Waals surface area contributed by atoms with Crippen molar-refractivity contribution in [2.75, 3.05) is 0 Å². The van der Waals surface area contributed by atoms with Crippen LogP contribution in [0, 0.1) is 0 Å². The maximum absolute atomic E-state index is 5.57. The van der Waals surface area contributed by atoms with Crippen LogP contribution in [0.4, 0.5) is 0 Å². The summed E-state index contributed by atoms with van der Waals surface area (Å²) in [6.45, 7) is 4.16. The normalized spacial score (nSPS) is 10.7. The zero-order chi connectivity index (χ0) is 6.85. The molecule has 0 radical (unpaired) electrons. The fraction of sp³-hybridized carbons (Fsp3) is 0.500. The van der Waals surface area contributed by atoms with E-state index in [1.54, 1.807) is 6.33 Å². The first kappa shape index (κ1) is 6.62. The molecule has 0 fully saturated rings. The maximum Gasteiger partial charge on any atom is 0.146 e. The van der Waals surface area contributed by atoms with E-state index in [4.69, 9.17) is 11.6 Å². The molecule has 2 nitrogen and oxygen atoms in total. The van der Waals surface area contributed by atoms with Crippen molar-refractivity contribution in [3.05, 3.63) is 17.7 Å². The zero-order valence-electron chi connectivity index (χ0n) is 5.50. The molecule has 1 heterocycles. The first-order valence-electron chi connectivity index (χ1n) is 2.89. The summed E-state index contributed by atoms with van der Waals surface area (Å²) in [6.07, 6.45) is 3.54. The summed E-state index contributed by atoms with van der Waals surface area (Å²) in [6, 6.07) is 0.449. The molecule has 0 bridgehead atoms. The number of rotatable bonds is 1. The largest absolute Gasteiger partial charge is 0.333 e. The molecule has 0 amide bonds. The highest BCUT2D eigenvalue weighted by Crippen LogP contribution is 2.08. The number of imidazole rings is 1. The second-order valence-electron chi connectivity index (χ2n) is 2.24. The Morgan fingerprint density at radius 3 is 2.56 bits per heavy atom. The highest BCUT2D eigenvalue weighted by molar-refractivity contribution is 6.29. The Balaban J connectivity index is 2.85. The highest BCUT2D eigenvalue weighted by Gasteiger charge is 1.96. The van der Waals surface area contributed by atoms with Crippen LogP contribution < -0.4 is 0 Å². The molecule has 0 aromatic carbocycles. The molecule has 50 valence electrons. The molecule has 1 aromatic rings. The van der Waals surface area contributed by atoms with Gasteiger partial charge in [0.2, 0.25) is 0 Å². The van der Waals surface area contributed by atoms with Crippen molar-refractivity contribution >= 4 is 11.6 Å². The van der Waals surface area contributed by atoms with Gasteiger partial charge in [-0.15, -0.1) is 0 Å². The van der Waals surface area contributed by atoms with Crippen LogP contribution in [0.3, 0.4) is 0 Å². The van der Waals surface area contributed by atoms with Crippen molar-refractivity contribution in [2.24, 2.45) is 0 Å². The maximum atomic E-state index is 5.57. The Kier molecular flexibility index (Phi) is 1.76. The molecular weight excluding hydrogens is 136 g/mol. The summed E-state index contributed by atoms with van der Waals surface area (Å²) in [5.41, 5.74) is 0. The van der Waals surface area contributed by atoms with Gasteiger partial charge >= 0.3 is 0 Å². The summed E-state index contributed by atoms with van der Waals surface area (Å²) in [4.78, 5) is 3.87. The standard InChI is InChI=1S/C6H9ClN2/c1-5(2)9-3-6(7)8-4-9/h3-5H,1-2H3. The monoisotopic (exact) mass is 144 g/mol. The number of hydrogen-bond donors (Lipinski definition) is 0. The van der Waals surface area contributed by atoms with E-state index in [2.05, 4.69) is 18.8 Å². The molecular formula is C6H9ClN2. The molecule has 9 heavy (non-hydrogen) atoms. The zero-order valence-corrected chi connectivity index (χ0v) is 6.26. The van der Waals surface area contributed by atoms with E-state index in [-0.39, 0.29) is 0 Å². The smallest absolute Gasteiger partial charge is 0.146 e. The van der Waals surface area contributed by atoms with E-state index in [1.807, 2.05) is 10.8 Å². The van der Waals surface area contributed by atoms with Gasteiger partial charge in [-0.3, -0.25) is 0 Å². The molecule has 0 aliphatic carbocycles. The molecule has 0 saturated carbocycles. The molecule has 0 atom stereocenters. The highest BCUT2D eigenvalue weighted by atomic mass is 35.5. The molecule has 0 saturated heterocycles. The predicted octanol–water partition coefficient (Wildman–Crippen LogP) is 2.12. The SMILES string of the molecule is CC(C)n1cnc(Cl)c1. The van der Waals surface area contributed by atoms with Gasteiger partial charge in [-0.1, -0.05) is 11.6 Å². The lowest BCUT2D eigenvalue weighted by atomic mass is 10.4. The van der Waals surface area contributed by atoms with E-state index in [1.165, 1.54) is 0 Å². The van der Waals surface area contributed by atoms with Gasteiger partial charge in [0.05, 0.1) is 6.33 Å². The van der Waals surface area contributed by atoms with Crippen molar-refractivity contribution in [1.29, 1.82) is 0 Å². The molecule has 3 heteroatoms. The van der Waals surface area contributed by atoms with Crippen LogP contribution in [0.15, 0.2) is 12.5 Å². The van der Waals surface area contributed by atoms with E-state index >= 15 is 0 Å².